The monoisotopic (exact) mass is 692 g/mol. The van der Waals surface area contributed by atoms with E-state index < -0.39 is 29.5 Å². The Hall–Kier alpha value is -5.70. The molecule has 0 fully saturated rings. The molecule has 2 unspecified atom stereocenters. The number of hydrogen-bond donors (Lipinski definition) is 3. The summed E-state index contributed by atoms with van der Waals surface area (Å²) in [6.07, 6.45) is -0.279. The summed E-state index contributed by atoms with van der Waals surface area (Å²) >= 11 is 0. The van der Waals surface area contributed by atoms with Gasteiger partial charge in [-0.2, -0.15) is 5.12 Å². The molecule has 0 aliphatic heterocycles. The molecule has 3 aromatic rings. The molecular weight excluding hydrogens is 648 g/mol. The number of amides is 1. The molecule has 5 N–H and O–H groups in total. The fourth-order valence-electron chi connectivity index (χ4n) is 5.02. The Morgan fingerprint density at radius 3 is 2.12 bits per heavy atom. The quantitative estimate of drug-likeness (QED) is 0.0299. The Labute approximate surface area is 290 Å². The number of hydrazone groups is 1. The standard InChI is InChI=1S/C35H44N6O9/c1-5-6-11-31(42)39(32(23(2)3)34(43)44)20-25-16-18-28(19-17-25)29-9-7-8-10-30(29)33(36)38-40(37)24(4)50-35(45)48-21-26-12-14-27(15-13-26)22-49-41(46)47/h7-10,12-19,23-24,32H,5-6,11,20-22,37H2,1-4H3,(H2,36,38)(H,43,44). The van der Waals surface area contributed by atoms with Crippen molar-refractivity contribution >= 4 is 23.9 Å². The number of carbonyl (C=O) groups is 3. The van der Waals surface area contributed by atoms with Gasteiger partial charge in [-0.15, -0.1) is 15.2 Å². The first-order chi connectivity index (χ1) is 23.8. The van der Waals surface area contributed by atoms with Crippen molar-refractivity contribution in [2.75, 3.05) is 0 Å². The van der Waals surface area contributed by atoms with E-state index in [1.54, 1.807) is 50.2 Å². The first-order valence-corrected chi connectivity index (χ1v) is 16.1. The van der Waals surface area contributed by atoms with Crippen LogP contribution in [0.3, 0.4) is 0 Å². The van der Waals surface area contributed by atoms with Crippen molar-refractivity contribution in [3.8, 4) is 11.1 Å². The van der Waals surface area contributed by atoms with Gasteiger partial charge in [0.1, 0.15) is 19.3 Å². The lowest BCUT2D eigenvalue weighted by molar-refractivity contribution is -0.763. The minimum absolute atomic E-state index is 0.0473. The zero-order valence-electron chi connectivity index (χ0n) is 28.6. The minimum atomic E-state index is -1.06. The molecule has 268 valence electrons. The first-order valence-electron chi connectivity index (χ1n) is 16.1. The van der Waals surface area contributed by atoms with Gasteiger partial charge in [0.15, 0.2) is 5.84 Å². The number of nitrogens with two attached hydrogens (primary N) is 2. The van der Waals surface area contributed by atoms with E-state index in [2.05, 4.69) is 9.94 Å². The molecule has 0 saturated carbocycles. The maximum atomic E-state index is 13.1. The van der Waals surface area contributed by atoms with E-state index in [1.807, 2.05) is 43.3 Å². The van der Waals surface area contributed by atoms with Crippen molar-refractivity contribution in [1.82, 2.24) is 10.0 Å². The van der Waals surface area contributed by atoms with Crippen LogP contribution in [0.5, 0.6) is 0 Å². The summed E-state index contributed by atoms with van der Waals surface area (Å²) in [6, 6.07) is 20.2. The molecule has 0 radical (unpaired) electrons. The minimum Gasteiger partial charge on any atom is -0.480 e. The number of carboxylic acid groups (broad SMARTS) is 1. The first kappa shape index (κ1) is 38.7. The number of nitrogens with zero attached hydrogens (tertiary/aromatic N) is 4. The van der Waals surface area contributed by atoms with E-state index in [4.69, 9.17) is 21.1 Å². The zero-order chi connectivity index (χ0) is 36.8. The van der Waals surface area contributed by atoms with Crippen LogP contribution in [-0.2, 0) is 43.7 Å². The summed E-state index contributed by atoms with van der Waals surface area (Å²) in [7, 11) is 0. The third-order valence-electron chi connectivity index (χ3n) is 7.68. The van der Waals surface area contributed by atoms with Gasteiger partial charge in [-0.25, -0.2) is 15.4 Å². The second-order valence-corrected chi connectivity index (χ2v) is 11.8. The molecule has 1 amide bonds. The Bertz CT molecular complexity index is 1630. The lowest BCUT2D eigenvalue weighted by Gasteiger charge is -2.32. The number of hydrogen-bond acceptors (Lipinski definition) is 11. The van der Waals surface area contributed by atoms with Crippen LogP contribution in [0, 0.1) is 16.0 Å². The average molecular weight is 693 g/mol. The number of rotatable bonds is 18. The molecule has 3 aromatic carbocycles. The molecule has 2 atom stereocenters. The third-order valence-corrected chi connectivity index (χ3v) is 7.68. The van der Waals surface area contributed by atoms with E-state index in [-0.39, 0.29) is 43.8 Å². The van der Waals surface area contributed by atoms with Crippen molar-refractivity contribution in [3.63, 3.8) is 0 Å². The number of benzene rings is 3. The summed E-state index contributed by atoms with van der Waals surface area (Å²) in [5.74, 6) is 4.59. The molecule has 0 aliphatic rings. The Kier molecular flexibility index (Phi) is 14.5. The van der Waals surface area contributed by atoms with Gasteiger partial charge in [0.25, 0.3) is 5.09 Å². The Morgan fingerprint density at radius 1 is 0.940 bits per heavy atom. The van der Waals surface area contributed by atoms with E-state index in [0.717, 1.165) is 28.2 Å². The zero-order valence-corrected chi connectivity index (χ0v) is 28.6. The fourth-order valence-corrected chi connectivity index (χ4v) is 5.02. The summed E-state index contributed by atoms with van der Waals surface area (Å²) in [5.41, 5.74) is 10.4. The highest BCUT2D eigenvalue weighted by Crippen LogP contribution is 2.26. The van der Waals surface area contributed by atoms with E-state index in [1.165, 1.54) is 11.8 Å². The van der Waals surface area contributed by atoms with Gasteiger partial charge in [-0.1, -0.05) is 100.0 Å². The highest BCUT2D eigenvalue weighted by atomic mass is 16.9. The summed E-state index contributed by atoms with van der Waals surface area (Å²) in [4.78, 5) is 53.6. The molecule has 50 heavy (non-hydrogen) atoms. The van der Waals surface area contributed by atoms with Crippen LogP contribution >= 0.6 is 0 Å². The smallest absolute Gasteiger partial charge is 0.480 e. The van der Waals surface area contributed by atoms with E-state index in [0.29, 0.717) is 23.1 Å². The molecule has 0 bridgehead atoms. The molecule has 0 aliphatic carbocycles. The van der Waals surface area contributed by atoms with Gasteiger partial charge in [-0.3, -0.25) is 4.79 Å². The van der Waals surface area contributed by atoms with Gasteiger partial charge >= 0.3 is 12.1 Å². The maximum Gasteiger partial charge on any atom is 0.510 e. The van der Waals surface area contributed by atoms with Crippen LogP contribution in [0.15, 0.2) is 77.9 Å². The van der Waals surface area contributed by atoms with Crippen LogP contribution in [0.1, 0.15) is 69.2 Å². The highest BCUT2D eigenvalue weighted by Gasteiger charge is 2.32. The highest BCUT2D eigenvalue weighted by molar-refractivity contribution is 6.03. The number of amidine groups is 1. The second kappa shape index (κ2) is 18.7. The molecule has 3 rings (SSSR count). The number of unbranched alkanes of at least 4 members (excludes halogenated alkanes) is 1. The van der Waals surface area contributed by atoms with Gasteiger partial charge in [-0.05, 0) is 47.1 Å². The number of carboxylic acids is 1. The number of carbonyl (C=O) groups excluding carboxylic acids is 2. The number of aliphatic carboxylic acids is 1. The van der Waals surface area contributed by atoms with Gasteiger partial charge in [0.05, 0.1) is 0 Å². The Morgan fingerprint density at radius 2 is 1.54 bits per heavy atom. The molecule has 0 spiro atoms. The van der Waals surface area contributed by atoms with Crippen LogP contribution in [0.4, 0.5) is 4.79 Å². The maximum absolute atomic E-state index is 13.1. The van der Waals surface area contributed by atoms with Crippen molar-refractivity contribution in [2.45, 2.75) is 79.0 Å². The fraction of sp³-hybridized carbons (Fsp3) is 0.371. The van der Waals surface area contributed by atoms with Crippen LogP contribution in [0.25, 0.3) is 11.1 Å². The number of hydrazine groups is 1. The molecule has 0 saturated heterocycles. The lowest BCUT2D eigenvalue weighted by Crippen LogP contribution is -2.47. The summed E-state index contributed by atoms with van der Waals surface area (Å²) in [5, 5.41) is 24.5. The van der Waals surface area contributed by atoms with E-state index in [9.17, 15) is 29.6 Å². The van der Waals surface area contributed by atoms with Gasteiger partial charge in [0, 0.05) is 18.5 Å². The van der Waals surface area contributed by atoms with Crippen LogP contribution in [0.2, 0.25) is 0 Å². The lowest BCUT2D eigenvalue weighted by atomic mass is 9.97. The third kappa shape index (κ3) is 11.5. The summed E-state index contributed by atoms with van der Waals surface area (Å²) < 4.78 is 10.4. The van der Waals surface area contributed by atoms with Crippen LogP contribution < -0.4 is 11.6 Å². The predicted octanol–water partition coefficient (Wildman–Crippen LogP) is 5.19. The average Bonchev–Trinajstić information content (AvgIpc) is 3.08. The van der Waals surface area contributed by atoms with Crippen molar-refractivity contribution in [1.29, 1.82) is 0 Å². The van der Waals surface area contributed by atoms with Crippen molar-refractivity contribution in [2.24, 2.45) is 22.6 Å². The summed E-state index contributed by atoms with van der Waals surface area (Å²) in [6.45, 7) is 6.88. The SMILES string of the molecule is CCCCC(=O)N(Cc1ccc(-c2ccccc2/C(N)=N/N(N)C(C)OC(=O)OCc2ccc(CO[N+](=O)[O-])cc2)cc1)C(C(=O)O)C(C)C. The molecule has 0 heterocycles. The predicted molar refractivity (Wildman–Crippen MR) is 184 cm³/mol. The number of ether oxygens (including phenoxy) is 2. The van der Waals surface area contributed by atoms with Gasteiger partial charge in [0.2, 0.25) is 12.1 Å². The molecule has 0 aromatic heterocycles. The van der Waals surface area contributed by atoms with Gasteiger partial charge < -0.3 is 30.1 Å². The van der Waals surface area contributed by atoms with E-state index >= 15 is 0 Å². The molecule has 15 nitrogen and oxygen atoms in total. The normalized spacial score (nSPS) is 12.5. The van der Waals surface area contributed by atoms with Crippen molar-refractivity contribution in [3.05, 3.63) is 105 Å². The topological polar surface area (TPSA) is 213 Å². The van der Waals surface area contributed by atoms with Crippen LogP contribution in [-0.4, -0.2) is 56.3 Å². The second-order valence-electron chi connectivity index (χ2n) is 11.8. The largest absolute Gasteiger partial charge is 0.510 e. The Balaban J connectivity index is 1.67. The van der Waals surface area contributed by atoms with Crippen molar-refractivity contribution < 1.29 is 38.9 Å². The molecule has 15 heteroatoms. The molecular formula is C35H44N6O9.